The average molecular weight is 347 g/mol. The first-order valence-corrected chi connectivity index (χ1v) is 8.37. The lowest BCUT2D eigenvalue weighted by Crippen LogP contribution is -2.30. The van der Waals surface area contributed by atoms with E-state index >= 15 is 0 Å². The van der Waals surface area contributed by atoms with Crippen molar-refractivity contribution < 1.29 is 19.1 Å². The molecule has 2 aromatic rings. The number of hydrogen-bond acceptors (Lipinski definition) is 5. The Bertz CT molecular complexity index is 749. The van der Waals surface area contributed by atoms with Crippen LogP contribution in [0.25, 0.3) is 0 Å². The van der Waals surface area contributed by atoms with Crippen LogP contribution in [0, 0.1) is 20.8 Å². The van der Waals surface area contributed by atoms with Crippen LogP contribution < -0.4 is 10.1 Å². The third-order valence-corrected chi connectivity index (χ3v) is 4.84. The summed E-state index contributed by atoms with van der Waals surface area (Å²) < 4.78 is 10.4. The Morgan fingerprint density at radius 3 is 2.33 bits per heavy atom. The molecule has 0 bridgehead atoms. The number of hydrogen-bond donors (Lipinski definition) is 1. The van der Waals surface area contributed by atoms with Crippen LogP contribution in [0.15, 0.2) is 24.3 Å². The molecule has 128 valence electrons. The number of aryl methyl sites for hydroxylation is 2. The van der Waals surface area contributed by atoms with Gasteiger partial charge in [-0.05, 0) is 45.4 Å². The third kappa shape index (κ3) is 3.94. The number of anilines is 1. The maximum absolute atomic E-state index is 12.4. The maximum Gasteiger partial charge on any atom is 0.341 e. The number of nitrogens with one attached hydrogen (secondary N) is 1. The first kappa shape index (κ1) is 18.0. The molecular formula is C18H21NO4S. The minimum atomic E-state index is -0.694. The molecule has 0 radical (unpaired) electrons. The third-order valence-electron chi connectivity index (χ3n) is 3.71. The van der Waals surface area contributed by atoms with Crippen molar-refractivity contribution in [2.45, 2.75) is 33.8 Å². The molecule has 1 amide bonds. The Morgan fingerprint density at radius 1 is 1.12 bits per heavy atom. The van der Waals surface area contributed by atoms with Crippen molar-refractivity contribution in [3.63, 3.8) is 0 Å². The molecule has 1 aromatic carbocycles. The van der Waals surface area contributed by atoms with Crippen molar-refractivity contribution in [2.24, 2.45) is 0 Å². The fourth-order valence-electron chi connectivity index (χ4n) is 2.15. The van der Waals surface area contributed by atoms with E-state index < -0.39 is 12.1 Å². The lowest BCUT2D eigenvalue weighted by Gasteiger charge is -2.15. The lowest BCUT2D eigenvalue weighted by molar-refractivity contribution is -0.122. The van der Waals surface area contributed by atoms with Crippen LogP contribution in [0.4, 0.5) is 5.00 Å². The Morgan fingerprint density at radius 2 is 1.75 bits per heavy atom. The summed E-state index contributed by atoms with van der Waals surface area (Å²) in [6, 6.07) is 7.47. The lowest BCUT2D eigenvalue weighted by atomic mass is 10.1. The number of carbonyl (C=O) groups excluding carboxylic acids is 2. The predicted molar refractivity (Wildman–Crippen MR) is 95.0 cm³/mol. The topological polar surface area (TPSA) is 64.6 Å². The van der Waals surface area contributed by atoms with E-state index in [4.69, 9.17) is 9.47 Å². The summed E-state index contributed by atoms with van der Waals surface area (Å²) in [5, 5.41) is 3.26. The standard InChI is InChI=1S/C18H21NO4S/c1-10-6-8-14(9-7-10)23-12(3)16(20)19-17-15(18(21)22-5)11(2)13(4)24-17/h6-9,12H,1-5H3,(H,19,20). The van der Waals surface area contributed by atoms with Crippen LogP contribution in [0.5, 0.6) is 5.75 Å². The molecule has 1 N–H and O–H groups in total. The highest BCUT2D eigenvalue weighted by Crippen LogP contribution is 2.33. The Labute approximate surface area is 145 Å². The van der Waals surface area contributed by atoms with Crippen molar-refractivity contribution in [3.05, 3.63) is 45.8 Å². The van der Waals surface area contributed by atoms with E-state index in [0.29, 0.717) is 16.3 Å². The van der Waals surface area contributed by atoms with Gasteiger partial charge < -0.3 is 14.8 Å². The van der Waals surface area contributed by atoms with E-state index in [1.807, 2.05) is 45.0 Å². The van der Waals surface area contributed by atoms with Gasteiger partial charge in [0.1, 0.15) is 10.8 Å². The Hall–Kier alpha value is -2.34. The van der Waals surface area contributed by atoms with Crippen LogP contribution in [0.3, 0.4) is 0 Å². The minimum absolute atomic E-state index is 0.318. The zero-order chi connectivity index (χ0) is 17.9. The number of methoxy groups -OCH3 is 1. The van der Waals surface area contributed by atoms with E-state index in [2.05, 4.69) is 5.32 Å². The molecule has 6 heteroatoms. The smallest absolute Gasteiger partial charge is 0.341 e. The fraction of sp³-hybridized carbons (Fsp3) is 0.333. The van der Waals surface area contributed by atoms with Crippen LogP contribution in [0.2, 0.25) is 0 Å². The van der Waals surface area contributed by atoms with Crippen molar-refractivity contribution in [3.8, 4) is 5.75 Å². The normalized spacial score (nSPS) is 11.7. The summed E-state index contributed by atoms with van der Waals surface area (Å²) in [5.41, 5.74) is 2.33. The van der Waals surface area contributed by atoms with E-state index in [1.54, 1.807) is 6.92 Å². The van der Waals surface area contributed by atoms with E-state index in [1.165, 1.54) is 18.4 Å². The monoisotopic (exact) mass is 347 g/mol. The fourth-order valence-corrected chi connectivity index (χ4v) is 3.20. The SMILES string of the molecule is COC(=O)c1c(NC(=O)C(C)Oc2ccc(C)cc2)sc(C)c1C. The van der Waals surface area contributed by atoms with Crippen LogP contribution in [0.1, 0.15) is 33.3 Å². The number of esters is 1. The van der Waals surface area contributed by atoms with Gasteiger partial charge in [0.25, 0.3) is 5.91 Å². The first-order valence-electron chi connectivity index (χ1n) is 7.56. The number of carbonyl (C=O) groups is 2. The molecule has 0 aliphatic rings. The van der Waals surface area contributed by atoms with Crippen molar-refractivity contribution in [2.75, 3.05) is 12.4 Å². The van der Waals surface area contributed by atoms with Gasteiger partial charge in [-0.15, -0.1) is 11.3 Å². The second kappa shape index (κ2) is 7.49. The molecule has 1 unspecified atom stereocenters. The van der Waals surface area contributed by atoms with Crippen LogP contribution >= 0.6 is 11.3 Å². The van der Waals surface area contributed by atoms with E-state index in [9.17, 15) is 9.59 Å². The van der Waals surface area contributed by atoms with Gasteiger partial charge in [-0.1, -0.05) is 17.7 Å². The van der Waals surface area contributed by atoms with Gasteiger partial charge in [0.2, 0.25) is 0 Å². The molecule has 5 nitrogen and oxygen atoms in total. The Balaban J connectivity index is 2.13. The summed E-state index contributed by atoms with van der Waals surface area (Å²) in [7, 11) is 1.32. The number of benzene rings is 1. The molecule has 0 saturated carbocycles. The highest BCUT2D eigenvalue weighted by atomic mass is 32.1. The molecular weight excluding hydrogens is 326 g/mol. The molecule has 0 saturated heterocycles. The summed E-state index contributed by atoms with van der Waals surface area (Å²) in [6.45, 7) is 7.38. The van der Waals surface area contributed by atoms with Crippen LogP contribution in [-0.4, -0.2) is 25.1 Å². The number of amides is 1. The molecule has 1 aromatic heterocycles. The summed E-state index contributed by atoms with van der Waals surface area (Å²) >= 11 is 1.35. The van der Waals surface area contributed by atoms with Gasteiger partial charge in [-0.3, -0.25) is 4.79 Å². The minimum Gasteiger partial charge on any atom is -0.481 e. The number of rotatable bonds is 5. The van der Waals surface area contributed by atoms with Crippen molar-refractivity contribution >= 4 is 28.2 Å². The van der Waals surface area contributed by atoms with Gasteiger partial charge in [-0.25, -0.2) is 4.79 Å². The van der Waals surface area contributed by atoms with Crippen molar-refractivity contribution in [1.82, 2.24) is 0 Å². The predicted octanol–water partition coefficient (Wildman–Crippen LogP) is 3.87. The molecule has 0 aliphatic heterocycles. The van der Waals surface area contributed by atoms with Crippen LogP contribution in [-0.2, 0) is 9.53 Å². The number of thiophene rings is 1. The second-order valence-corrected chi connectivity index (χ2v) is 6.77. The summed E-state index contributed by atoms with van der Waals surface area (Å²) in [6.07, 6.45) is -0.694. The zero-order valence-electron chi connectivity index (χ0n) is 14.4. The van der Waals surface area contributed by atoms with E-state index in [0.717, 1.165) is 16.0 Å². The van der Waals surface area contributed by atoms with E-state index in [-0.39, 0.29) is 5.91 Å². The van der Waals surface area contributed by atoms with Crippen molar-refractivity contribution in [1.29, 1.82) is 0 Å². The van der Waals surface area contributed by atoms with Gasteiger partial charge in [0, 0.05) is 4.88 Å². The molecule has 0 aliphatic carbocycles. The number of ether oxygens (including phenoxy) is 2. The van der Waals surface area contributed by atoms with Gasteiger partial charge in [0.05, 0.1) is 12.7 Å². The molecule has 0 spiro atoms. The molecule has 1 heterocycles. The first-order chi connectivity index (χ1) is 11.3. The maximum atomic E-state index is 12.4. The molecule has 1 atom stereocenters. The highest BCUT2D eigenvalue weighted by molar-refractivity contribution is 7.16. The largest absolute Gasteiger partial charge is 0.481 e. The van der Waals surface area contributed by atoms with Gasteiger partial charge >= 0.3 is 5.97 Å². The summed E-state index contributed by atoms with van der Waals surface area (Å²) in [5.74, 6) is -0.156. The quantitative estimate of drug-likeness (QED) is 0.834. The molecule has 24 heavy (non-hydrogen) atoms. The van der Waals surface area contributed by atoms with Gasteiger partial charge in [-0.2, -0.15) is 0 Å². The molecule has 0 fully saturated rings. The average Bonchev–Trinajstić information content (AvgIpc) is 2.83. The highest BCUT2D eigenvalue weighted by Gasteiger charge is 2.23. The summed E-state index contributed by atoms with van der Waals surface area (Å²) in [4.78, 5) is 25.3. The second-order valence-electron chi connectivity index (χ2n) is 5.54. The zero-order valence-corrected chi connectivity index (χ0v) is 15.2. The van der Waals surface area contributed by atoms with Gasteiger partial charge in [0.15, 0.2) is 6.10 Å². The Kier molecular flexibility index (Phi) is 5.62. The molecule has 2 rings (SSSR count).